The van der Waals surface area contributed by atoms with Crippen molar-refractivity contribution in [1.29, 1.82) is 0 Å². The molecule has 202 valence electrons. The van der Waals surface area contributed by atoms with Gasteiger partial charge in [0.05, 0.1) is 34.3 Å². The number of benzene rings is 3. The molecule has 0 saturated carbocycles. The maximum Gasteiger partial charge on any atom is 0.355 e. The molecule has 2 heterocycles. The number of para-hydroxylation sites is 1. The van der Waals surface area contributed by atoms with Gasteiger partial charge in [-0.15, -0.1) is 4.83 Å². The highest BCUT2D eigenvalue weighted by molar-refractivity contribution is 7.89. The molecule has 0 bridgehead atoms. The van der Waals surface area contributed by atoms with Gasteiger partial charge >= 0.3 is 11.7 Å². The number of rotatable bonds is 7. The number of methoxy groups -OCH3 is 1. The first kappa shape index (κ1) is 26.7. The fourth-order valence-electron chi connectivity index (χ4n) is 4.40. The molecule has 5 aromatic rings. The number of carbonyl (C=O) groups is 1. The van der Waals surface area contributed by atoms with Gasteiger partial charge in [-0.1, -0.05) is 66.2 Å². The molecule has 10 nitrogen and oxygen atoms in total. The fourth-order valence-corrected chi connectivity index (χ4v) is 5.25. The third-order valence-electron chi connectivity index (χ3n) is 6.31. The van der Waals surface area contributed by atoms with E-state index in [-0.39, 0.29) is 27.3 Å². The number of sulfonamides is 1. The Balaban J connectivity index is 1.83. The van der Waals surface area contributed by atoms with Gasteiger partial charge in [-0.25, -0.2) is 27.6 Å². The number of pyridine rings is 1. The molecule has 0 unspecified atom stereocenters. The summed E-state index contributed by atoms with van der Waals surface area (Å²) >= 11 is 0. The number of nitrogens with one attached hydrogen (secondary N) is 2. The molecule has 0 amide bonds. The van der Waals surface area contributed by atoms with Crippen LogP contribution >= 0.6 is 0 Å². The van der Waals surface area contributed by atoms with Gasteiger partial charge in [0.15, 0.2) is 11.5 Å². The molecule has 0 spiro atoms. The van der Waals surface area contributed by atoms with Crippen LogP contribution in [0, 0.1) is 13.8 Å². The third kappa shape index (κ3) is 4.95. The van der Waals surface area contributed by atoms with E-state index in [1.165, 1.54) is 23.8 Å². The minimum Gasteiger partial charge on any atom is -0.465 e. The highest BCUT2D eigenvalue weighted by atomic mass is 32.2. The summed E-state index contributed by atoms with van der Waals surface area (Å²) in [7, 11) is -2.80. The van der Waals surface area contributed by atoms with Gasteiger partial charge in [0.1, 0.15) is 0 Å². The van der Waals surface area contributed by atoms with E-state index in [4.69, 9.17) is 4.74 Å². The minimum atomic E-state index is -4.06. The lowest BCUT2D eigenvalue weighted by molar-refractivity contribution is 0.0600. The zero-order valence-corrected chi connectivity index (χ0v) is 22.7. The van der Waals surface area contributed by atoms with E-state index in [0.717, 1.165) is 5.56 Å². The second kappa shape index (κ2) is 10.7. The lowest BCUT2D eigenvalue weighted by Gasteiger charge is -2.19. The molecule has 0 aliphatic carbocycles. The number of aromatic nitrogens is 3. The summed E-state index contributed by atoms with van der Waals surface area (Å²) in [6, 6.07) is 24.1. The summed E-state index contributed by atoms with van der Waals surface area (Å²) in [6.45, 7) is 3.49. The SMILES string of the molecule is COC(=O)c1c(C)nc2c(c(NNS(=O)(=O)c3ccc(C)cc3)nc(=O)n2-c2ccccc2)c1-c1ccccc1. The lowest BCUT2D eigenvalue weighted by Crippen LogP contribution is -2.33. The summed E-state index contributed by atoms with van der Waals surface area (Å²) < 4.78 is 32.6. The van der Waals surface area contributed by atoms with Crippen LogP contribution in [-0.2, 0) is 14.8 Å². The zero-order valence-electron chi connectivity index (χ0n) is 21.9. The van der Waals surface area contributed by atoms with E-state index < -0.39 is 21.7 Å². The Morgan fingerprint density at radius 3 is 2.12 bits per heavy atom. The number of hydrazine groups is 1. The Hall–Kier alpha value is -4.87. The van der Waals surface area contributed by atoms with Crippen LogP contribution in [0.5, 0.6) is 0 Å². The normalized spacial score (nSPS) is 11.4. The molecular weight excluding hydrogens is 530 g/mol. The molecule has 0 aliphatic heterocycles. The predicted molar refractivity (Wildman–Crippen MR) is 152 cm³/mol. The van der Waals surface area contributed by atoms with Crippen molar-refractivity contribution in [3.05, 3.63) is 112 Å². The van der Waals surface area contributed by atoms with Crippen molar-refractivity contribution in [2.45, 2.75) is 18.7 Å². The monoisotopic (exact) mass is 555 g/mol. The van der Waals surface area contributed by atoms with Gasteiger partial charge in [0, 0.05) is 5.56 Å². The van der Waals surface area contributed by atoms with Crippen LogP contribution in [0.1, 0.15) is 21.6 Å². The topological polar surface area (TPSA) is 132 Å². The molecular formula is C29H25N5O5S. The van der Waals surface area contributed by atoms with Crippen molar-refractivity contribution in [3.8, 4) is 16.8 Å². The van der Waals surface area contributed by atoms with Crippen LogP contribution in [0.3, 0.4) is 0 Å². The van der Waals surface area contributed by atoms with Gasteiger partial charge < -0.3 is 4.74 Å². The smallest absolute Gasteiger partial charge is 0.355 e. The number of aryl methyl sites for hydroxylation is 2. The maximum atomic E-state index is 13.4. The van der Waals surface area contributed by atoms with E-state index in [0.29, 0.717) is 22.5 Å². The first-order chi connectivity index (χ1) is 19.2. The summed E-state index contributed by atoms with van der Waals surface area (Å²) in [4.78, 5) is 37.7. The zero-order chi connectivity index (χ0) is 28.4. The van der Waals surface area contributed by atoms with E-state index in [1.807, 2.05) is 19.1 Å². The Morgan fingerprint density at radius 2 is 1.50 bits per heavy atom. The van der Waals surface area contributed by atoms with Gasteiger partial charge in [-0.05, 0) is 43.7 Å². The summed E-state index contributed by atoms with van der Waals surface area (Å²) in [6.07, 6.45) is 0. The fraction of sp³-hybridized carbons (Fsp3) is 0.103. The van der Waals surface area contributed by atoms with Gasteiger partial charge in [-0.3, -0.25) is 5.43 Å². The average molecular weight is 556 g/mol. The number of hydrogen-bond acceptors (Lipinski definition) is 8. The Morgan fingerprint density at radius 1 is 0.875 bits per heavy atom. The first-order valence-electron chi connectivity index (χ1n) is 12.2. The van der Waals surface area contributed by atoms with Crippen LogP contribution in [-0.4, -0.2) is 36.0 Å². The maximum absolute atomic E-state index is 13.4. The molecule has 0 saturated heterocycles. The molecule has 11 heteroatoms. The van der Waals surface area contributed by atoms with Crippen LogP contribution in [0.15, 0.2) is 94.6 Å². The van der Waals surface area contributed by atoms with E-state index in [9.17, 15) is 18.0 Å². The van der Waals surface area contributed by atoms with Crippen LogP contribution in [0.4, 0.5) is 5.82 Å². The van der Waals surface area contributed by atoms with Crippen molar-refractivity contribution >= 4 is 32.8 Å². The van der Waals surface area contributed by atoms with Crippen LogP contribution in [0.2, 0.25) is 0 Å². The van der Waals surface area contributed by atoms with Gasteiger partial charge in [0.25, 0.3) is 10.0 Å². The molecule has 0 aliphatic rings. The quantitative estimate of drug-likeness (QED) is 0.226. The molecule has 2 aromatic heterocycles. The molecule has 5 rings (SSSR count). The second-order valence-electron chi connectivity index (χ2n) is 8.96. The lowest BCUT2D eigenvalue weighted by atomic mass is 9.95. The molecule has 2 N–H and O–H groups in total. The summed E-state index contributed by atoms with van der Waals surface area (Å²) in [5, 5.41) is 0.243. The summed E-state index contributed by atoms with van der Waals surface area (Å²) in [5.74, 6) is -0.770. The molecule has 0 atom stereocenters. The minimum absolute atomic E-state index is 0.0139. The molecule has 0 radical (unpaired) electrons. The average Bonchev–Trinajstić information content (AvgIpc) is 2.96. The summed E-state index contributed by atoms with van der Waals surface area (Å²) in [5.41, 5.74) is 4.95. The van der Waals surface area contributed by atoms with Crippen molar-refractivity contribution in [3.63, 3.8) is 0 Å². The largest absolute Gasteiger partial charge is 0.465 e. The Labute approximate surface area is 230 Å². The van der Waals surface area contributed by atoms with Crippen molar-refractivity contribution < 1.29 is 17.9 Å². The highest BCUT2D eigenvalue weighted by Crippen LogP contribution is 2.36. The molecule has 3 aromatic carbocycles. The number of hydrogen-bond donors (Lipinski definition) is 2. The Bertz CT molecular complexity index is 1890. The van der Waals surface area contributed by atoms with Crippen molar-refractivity contribution in [2.24, 2.45) is 0 Å². The van der Waals surface area contributed by atoms with Crippen LogP contribution in [0.25, 0.3) is 27.8 Å². The number of fused-ring (bicyclic) bond motifs is 1. The molecule has 0 fully saturated rings. The predicted octanol–water partition coefficient (Wildman–Crippen LogP) is 4.16. The number of ether oxygens (including phenoxy) is 1. The number of anilines is 1. The van der Waals surface area contributed by atoms with E-state index in [2.05, 4.69) is 20.2 Å². The highest BCUT2D eigenvalue weighted by Gasteiger charge is 2.27. The van der Waals surface area contributed by atoms with Gasteiger partial charge in [0.2, 0.25) is 0 Å². The molecule has 40 heavy (non-hydrogen) atoms. The number of carbonyl (C=O) groups excluding carboxylic acids is 1. The van der Waals surface area contributed by atoms with Crippen LogP contribution < -0.4 is 15.9 Å². The van der Waals surface area contributed by atoms with Crippen molar-refractivity contribution in [1.82, 2.24) is 19.4 Å². The van der Waals surface area contributed by atoms with Gasteiger partial charge in [-0.2, -0.15) is 4.98 Å². The number of esters is 1. The second-order valence-corrected chi connectivity index (χ2v) is 10.6. The number of nitrogens with zero attached hydrogens (tertiary/aromatic N) is 3. The first-order valence-corrected chi connectivity index (χ1v) is 13.7. The standard InChI is InChI=1S/C29H25N5O5S/c1-18-14-16-22(17-15-18)40(37,38)33-32-26-25-24(20-10-6-4-7-11-20)23(28(35)39-3)19(2)30-27(25)34(29(36)31-26)21-12-8-5-9-13-21/h4-17,33H,1-3H3,(H,31,32,36). The van der Waals surface area contributed by atoms with E-state index >= 15 is 0 Å². The Kier molecular flexibility index (Phi) is 7.16. The third-order valence-corrected chi connectivity index (χ3v) is 7.57. The van der Waals surface area contributed by atoms with E-state index in [1.54, 1.807) is 67.6 Å². The van der Waals surface area contributed by atoms with Crippen molar-refractivity contribution in [2.75, 3.05) is 12.5 Å².